The van der Waals surface area contributed by atoms with Gasteiger partial charge in [0.15, 0.2) is 0 Å². The number of hydrogen-bond donors (Lipinski definition) is 1. The molecule has 2 unspecified atom stereocenters. The van der Waals surface area contributed by atoms with Crippen LogP contribution >= 0.6 is 15.9 Å². The molecule has 0 aromatic heterocycles. The fourth-order valence-electron chi connectivity index (χ4n) is 2.32. The molecule has 1 aliphatic rings. The molecule has 2 rings (SSSR count). The summed E-state index contributed by atoms with van der Waals surface area (Å²) in [6.45, 7) is 8.51. The van der Waals surface area contributed by atoms with Gasteiger partial charge in [-0.15, -0.1) is 0 Å². The normalized spacial score (nSPS) is 18.1. The van der Waals surface area contributed by atoms with Crippen LogP contribution in [0.25, 0.3) is 0 Å². The molecule has 1 aromatic rings. The summed E-state index contributed by atoms with van der Waals surface area (Å²) in [5, 5.41) is 2.93. The average Bonchev–Trinajstić information content (AvgIpc) is 2.77. The third-order valence-electron chi connectivity index (χ3n) is 3.39. The second-order valence-corrected chi connectivity index (χ2v) is 6.64. The van der Waals surface area contributed by atoms with Crippen molar-refractivity contribution in [3.63, 3.8) is 0 Å². The van der Waals surface area contributed by atoms with E-state index < -0.39 is 0 Å². The van der Waals surface area contributed by atoms with E-state index in [4.69, 9.17) is 9.47 Å². The van der Waals surface area contributed by atoms with Crippen LogP contribution in [-0.4, -0.2) is 23.4 Å². The zero-order valence-electron chi connectivity index (χ0n) is 12.9. The second-order valence-electron chi connectivity index (χ2n) is 5.66. The predicted molar refractivity (Wildman–Crippen MR) is 87.6 cm³/mol. The maximum absolute atomic E-state index is 12.2. The van der Waals surface area contributed by atoms with Gasteiger partial charge in [0.05, 0.1) is 17.1 Å². The molecule has 5 heteroatoms. The molecule has 1 amide bonds. The van der Waals surface area contributed by atoms with Crippen LogP contribution in [0.15, 0.2) is 12.1 Å². The number of benzene rings is 1. The van der Waals surface area contributed by atoms with Gasteiger partial charge in [0.1, 0.15) is 17.6 Å². The topological polar surface area (TPSA) is 47.6 Å². The molecule has 2 atom stereocenters. The molecule has 21 heavy (non-hydrogen) atoms. The van der Waals surface area contributed by atoms with Crippen LogP contribution in [0.4, 0.5) is 5.69 Å². The largest absolute Gasteiger partial charge is 0.492 e. The van der Waals surface area contributed by atoms with Gasteiger partial charge >= 0.3 is 0 Å². The van der Waals surface area contributed by atoms with E-state index in [1.807, 2.05) is 39.8 Å². The molecule has 1 N–H and O–H groups in total. The highest BCUT2D eigenvalue weighted by Crippen LogP contribution is 2.38. The summed E-state index contributed by atoms with van der Waals surface area (Å²) in [4.78, 5) is 12.0. The minimum Gasteiger partial charge on any atom is -0.492 e. The van der Waals surface area contributed by atoms with E-state index in [1.54, 1.807) is 0 Å². The lowest BCUT2D eigenvalue weighted by Gasteiger charge is -2.17. The maximum Gasteiger partial charge on any atom is 0.238 e. The Hall–Kier alpha value is -1.23. The van der Waals surface area contributed by atoms with Gasteiger partial charge in [0.2, 0.25) is 5.91 Å². The standard InChI is InChI=1S/C16H22BrNO3/c1-5-20-14-7-11-6-10(4)21-13(11)8-12(14)18-16(19)15(17)9(2)3/h7-10,15H,5-6H2,1-4H3,(H,18,19). The first kappa shape index (κ1) is 16.1. The third kappa shape index (κ3) is 3.70. The van der Waals surface area contributed by atoms with Crippen molar-refractivity contribution in [2.75, 3.05) is 11.9 Å². The second kappa shape index (κ2) is 6.69. The van der Waals surface area contributed by atoms with E-state index in [0.29, 0.717) is 18.0 Å². The lowest BCUT2D eigenvalue weighted by atomic mass is 10.1. The van der Waals surface area contributed by atoms with E-state index >= 15 is 0 Å². The van der Waals surface area contributed by atoms with Gasteiger partial charge in [-0.2, -0.15) is 0 Å². The third-order valence-corrected chi connectivity index (χ3v) is 4.86. The summed E-state index contributed by atoms with van der Waals surface area (Å²) in [6.07, 6.45) is 1.04. The quantitative estimate of drug-likeness (QED) is 0.817. The minimum absolute atomic E-state index is 0.0723. The highest BCUT2D eigenvalue weighted by Gasteiger charge is 2.24. The molecule has 116 valence electrons. The van der Waals surface area contributed by atoms with Crippen LogP contribution in [0.5, 0.6) is 11.5 Å². The molecule has 0 saturated heterocycles. The molecule has 0 bridgehead atoms. The van der Waals surface area contributed by atoms with Crippen LogP contribution in [0.1, 0.15) is 33.3 Å². The molecule has 0 spiro atoms. The first-order valence-electron chi connectivity index (χ1n) is 7.33. The summed E-state index contributed by atoms with van der Waals surface area (Å²) in [6, 6.07) is 3.83. The first-order chi connectivity index (χ1) is 9.92. The summed E-state index contributed by atoms with van der Waals surface area (Å²) in [5.41, 5.74) is 1.79. The number of hydrogen-bond acceptors (Lipinski definition) is 3. The number of alkyl halides is 1. The number of fused-ring (bicyclic) bond motifs is 1. The molecular weight excluding hydrogens is 334 g/mol. The van der Waals surface area contributed by atoms with Gasteiger partial charge in [-0.3, -0.25) is 4.79 Å². The van der Waals surface area contributed by atoms with E-state index in [1.165, 1.54) is 0 Å². The van der Waals surface area contributed by atoms with E-state index in [2.05, 4.69) is 21.2 Å². The Labute approximate surface area is 134 Å². The predicted octanol–water partition coefficient (Wildman–Crippen LogP) is 3.77. The van der Waals surface area contributed by atoms with Gasteiger partial charge < -0.3 is 14.8 Å². The van der Waals surface area contributed by atoms with E-state index in [-0.39, 0.29) is 22.8 Å². The Morgan fingerprint density at radius 2 is 2.24 bits per heavy atom. The van der Waals surface area contributed by atoms with Crippen LogP contribution < -0.4 is 14.8 Å². The molecule has 0 radical (unpaired) electrons. The number of amides is 1. The van der Waals surface area contributed by atoms with Crippen molar-refractivity contribution in [3.8, 4) is 11.5 Å². The smallest absolute Gasteiger partial charge is 0.238 e. The zero-order chi connectivity index (χ0) is 15.6. The van der Waals surface area contributed by atoms with Crippen molar-refractivity contribution in [2.45, 2.75) is 45.0 Å². The van der Waals surface area contributed by atoms with Crippen LogP contribution in [-0.2, 0) is 11.2 Å². The van der Waals surface area contributed by atoms with Crippen molar-refractivity contribution >= 4 is 27.5 Å². The highest BCUT2D eigenvalue weighted by molar-refractivity contribution is 9.10. The van der Waals surface area contributed by atoms with Crippen molar-refractivity contribution in [3.05, 3.63) is 17.7 Å². The van der Waals surface area contributed by atoms with Crippen LogP contribution in [0, 0.1) is 5.92 Å². The molecule has 0 saturated carbocycles. The Kier molecular flexibility index (Phi) is 5.14. The molecule has 0 aliphatic carbocycles. The Balaban J connectivity index is 2.25. The van der Waals surface area contributed by atoms with E-state index in [9.17, 15) is 4.79 Å². The molecule has 0 fully saturated rings. The molecule has 1 aromatic carbocycles. The fourth-order valence-corrected chi connectivity index (χ4v) is 2.43. The number of anilines is 1. The first-order valence-corrected chi connectivity index (χ1v) is 8.25. The summed E-state index contributed by atoms with van der Waals surface area (Å²) >= 11 is 3.42. The summed E-state index contributed by atoms with van der Waals surface area (Å²) < 4.78 is 11.4. The van der Waals surface area contributed by atoms with Gasteiger partial charge in [-0.1, -0.05) is 29.8 Å². The van der Waals surface area contributed by atoms with E-state index in [0.717, 1.165) is 17.7 Å². The SMILES string of the molecule is CCOc1cc2c(cc1NC(=O)C(Br)C(C)C)OC(C)C2. The lowest BCUT2D eigenvalue weighted by Crippen LogP contribution is -2.27. The maximum atomic E-state index is 12.2. The lowest BCUT2D eigenvalue weighted by molar-refractivity contribution is -0.116. The van der Waals surface area contributed by atoms with Crippen LogP contribution in [0.3, 0.4) is 0 Å². The average molecular weight is 356 g/mol. The number of rotatable bonds is 5. The monoisotopic (exact) mass is 355 g/mol. The van der Waals surface area contributed by atoms with Crippen molar-refractivity contribution in [1.29, 1.82) is 0 Å². The number of carbonyl (C=O) groups is 1. The highest BCUT2D eigenvalue weighted by atomic mass is 79.9. The Bertz CT molecular complexity index is 530. The molecular formula is C16H22BrNO3. The Morgan fingerprint density at radius 3 is 2.86 bits per heavy atom. The number of carbonyl (C=O) groups excluding carboxylic acids is 1. The molecule has 1 aliphatic heterocycles. The minimum atomic E-state index is -0.236. The Morgan fingerprint density at radius 1 is 1.52 bits per heavy atom. The van der Waals surface area contributed by atoms with Crippen molar-refractivity contribution in [2.24, 2.45) is 5.92 Å². The van der Waals surface area contributed by atoms with Crippen molar-refractivity contribution < 1.29 is 14.3 Å². The number of nitrogens with one attached hydrogen (secondary N) is 1. The summed E-state index contributed by atoms with van der Waals surface area (Å²) in [5.74, 6) is 1.67. The fraction of sp³-hybridized carbons (Fsp3) is 0.562. The van der Waals surface area contributed by atoms with Gasteiger partial charge in [0, 0.05) is 18.1 Å². The molecule has 1 heterocycles. The van der Waals surface area contributed by atoms with Gasteiger partial charge in [-0.05, 0) is 25.8 Å². The van der Waals surface area contributed by atoms with Gasteiger partial charge in [0.25, 0.3) is 0 Å². The zero-order valence-corrected chi connectivity index (χ0v) is 14.5. The summed E-state index contributed by atoms with van der Waals surface area (Å²) in [7, 11) is 0. The van der Waals surface area contributed by atoms with Crippen LogP contribution in [0.2, 0.25) is 0 Å². The number of halogens is 1. The van der Waals surface area contributed by atoms with Gasteiger partial charge in [-0.25, -0.2) is 0 Å². The van der Waals surface area contributed by atoms with Crippen molar-refractivity contribution in [1.82, 2.24) is 0 Å². The molecule has 4 nitrogen and oxygen atoms in total. The number of ether oxygens (including phenoxy) is 2.